The van der Waals surface area contributed by atoms with E-state index >= 15 is 0 Å². The Morgan fingerprint density at radius 1 is 0.780 bits per heavy atom. The molecule has 0 spiro atoms. The molecule has 0 aliphatic carbocycles. The normalized spacial score (nSPS) is 27.3. The molecule has 7 rings (SSSR count). The van der Waals surface area contributed by atoms with E-state index in [9.17, 15) is 5.11 Å². The number of hydrogen-bond donors (Lipinski definition) is 1. The number of rotatable bonds is 7. The predicted octanol–water partition coefficient (Wildman–Crippen LogP) is 3.81. The lowest BCUT2D eigenvalue weighted by atomic mass is 9.85. The van der Waals surface area contributed by atoms with Crippen LogP contribution in [0.5, 0.6) is 46.0 Å². The van der Waals surface area contributed by atoms with Crippen LogP contribution in [0.25, 0.3) is 0 Å². The van der Waals surface area contributed by atoms with E-state index in [2.05, 4.69) is 0 Å². The Bertz CT molecular complexity index is 1440. The first-order valence-electron chi connectivity index (χ1n) is 13.3. The molecule has 3 aromatic carbocycles. The first-order valence-corrected chi connectivity index (χ1v) is 13.3. The van der Waals surface area contributed by atoms with E-state index < -0.39 is 23.9 Å². The number of hydrogen-bond acceptors (Lipinski definition) is 11. The zero-order chi connectivity index (χ0) is 28.1. The maximum absolute atomic E-state index is 11.8. The monoisotopic (exact) mass is 566 g/mol. The fourth-order valence-corrected chi connectivity index (χ4v) is 5.79. The molecule has 11 heteroatoms. The number of benzene rings is 3. The summed E-state index contributed by atoms with van der Waals surface area (Å²) in [5.41, 5.74) is 0.198. The SMILES string of the molecule is COc1cc2c(cc1[C@@H]1OC[C@@]3(O)[C@H](Oc4c(OC)cccc4OC)OC[C@@H]13)OC[C@H](c1ccc3c(c1)OCO3)O2. The quantitative estimate of drug-likeness (QED) is 0.451. The van der Waals surface area contributed by atoms with E-state index in [0.29, 0.717) is 52.6 Å². The van der Waals surface area contributed by atoms with Crippen molar-refractivity contribution in [1.82, 2.24) is 0 Å². The summed E-state index contributed by atoms with van der Waals surface area (Å²) in [4.78, 5) is 0. The van der Waals surface area contributed by atoms with Gasteiger partial charge < -0.3 is 52.5 Å². The molecule has 4 aliphatic rings. The summed E-state index contributed by atoms with van der Waals surface area (Å²) in [7, 11) is 4.65. The highest BCUT2D eigenvalue weighted by molar-refractivity contribution is 5.54. The molecule has 4 heterocycles. The molecule has 0 radical (unpaired) electrons. The van der Waals surface area contributed by atoms with Crippen molar-refractivity contribution in [2.75, 3.05) is 47.9 Å². The number of fused-ring (bicyclic) bond motifs is 3. The third-order valence-electron chi connectivity index (χ3n) is 7.97. The minimum atomic E-state index is -1.43. The fourth-order valence-electron chi connectivity index (χ4n) is 5.79. The van der Waals surface area contributed by atoms with E-state index in [-0.39, 0.29) is 26.1 Å². The van der Waals surface area contributed by atoms with Crippen molar-refractivity contribution < 1.29 is 52.5 Å². The molecule has 2 saturated heterocycles. The molecular formula is C30H30O11. The largest absolute Gasteiger partial charge is 0.496 e. The Hall–Kier alpha value is -4.06. The lowest BCUT2D eigenvalue weighted by molar-refractivity contribution is -0.153. The van der Waals surface area contributed by atoms with E-state index in [1.165, 1.54) is 14.2 Å². The van der Waals surface area contributed by atoms with Gasteiger partial charge in [0, 0.05) is 11.6 Å². The van der Waals surface area contributed by atoms with Crippen molar-refractivity contribution in [2.24, 2.45) is 5.92 Å². The van der Waals surface area contributed by atoms with Crippen molar-refractivity contribution in [1.29, 1.82) is 0 Å². The van der Waals surface area contributed by atoms with Gasteiger partial charge in [-0.2, -0.15) is 0 Å². The van der Waals surface area contributed by atoms with Gasteiger partial charge in [0.2, 0.25) is 18.8 Å². The molecule has 0 saturated carbocycles. The fraction of sp³-hybridized carbons (Fsp3) is 0.400. The molecular weight excluding hydrogens is 536 g/mol. The summed E-state index contributed by atoms with van der Waals surface area (Å²) in [6.07, 6.45) is -1.88. The van der Waals surface area contributed by atoms with E-state index in [0.717, 1.165) is 11.1 Å². The zero-order valence-electron chi connectivity index (χ0n) is 22.8. The lowest BCUT2D eigenvalue weighted by Gasteiger charge is -2.29. The Kier molecular flexibility index (Phi) is 6.37. The van der Waals surface area contributed by atoms with Crippen LogP contribution in [0.2, 0.25) is 0 Å². The Balaban J connectivity index is 1.13. The number of ether oxygens (including phenoxy) is 10. The van der Waals surface area contributed by atoms with Crippen molar-refractivity contribution in [3.8, 4) is 46.0 Å². The van der Waals surface area contributed by atoms with Gasteiger partial charge in [-0.1, -0.05) is 12.1 Å². The molecule has 216 valence electrons. The summed E-state index contributed by atoms with van der Waals surface area (Å²) in [6.45, 7) is 0.702. The molecule has 11 nitrogen and oxygen atoms in total. The standard InChI is InChI=1S/C30H30O11/c1-32-20-5-4-6-21(33-2)28(20)41-29-30(31)14-37-27(18(30)12-36-29)17-10-24-25(11-22(17)34-3)40-26(13-35-24)16-7-8-19-23(9-16)39-15-38-19/h4-11,18,26-27,29,31H,12-15H2,1-3H3/t18-,26+,27-,29-,30-/m0/s1. The second-order valence-electron chi connectivity index (χ2n) is 10.2. The van der Waals surface area contributed by atoms with Crippen LogP contribution in [0, 0.1) is 5.92 Å². The molecule has 0 aromatic heterocycles. The van der Waals surface area contributed by atoms with E-state index in [1.54, 1.807) is 31.4 Å². The highest BCUT2D eigenvalue weighted by Crippen LogP contribution is 2.53. The summed E-state index contributed by atoms with van der Waals surface area (Å²) < 4.78 is 58.3. The lowest BCUT2D eigenvalue weighted by Crippen LogP contribution is -2.47. The summed E-state index contributed by atoms with van der Waals surface area (Å²) in [5, 5.41) is 11.8. The molecule has 4 aliphatic heterocycles. The molecule has 2 fully saturated rings. The minimum absolute atomic E-state index is 0.00571. The Morgan fingerprint density at radius 2 is 1.54 bits per heavy atom. The van der Waals surface area contributed by atoms with E-state index in [4.69, 9.17) is 47.4 Å². The van der Waals surface area contributed by atoms with Gasteiger partial charge in [0.25, 0.3) is 0 Å². The van der Waals surface area contributed by atoms with Crippen molar-refractivity contribution in [3.63, 3.8) is 0 Å². The molecule has 1 N–H and O–H groups in total. The zero-order valence-corrected chi connectivity index (χ0v) is 22.8. The summed E-state index contributed by atoms with van der Waals surface area (Å²) >= 11 is 0. The van der Waals surface area contributed by atoms with Crippen LogP contribution in [0.15, 0.2) is 48.5 Å². The van der Waals surface area contributed by atoms with Crippen molar-refractivity contribution in [2.45, 2.75) is 24.1 Å². The first-order chi connectivity index (χ1) is 20.0. The van der Waals surface area contributed by atoms with Crippen molar-refractivity contribution in [3.05, 3.63) is 59.7 Å². The minimum Gasteiger partial charge on any atom is -0.496 e. The van der Waals surface area contributed by atoms with Gasteiger partial charge in [0.15, 0.2) is 46.2 Å². The van der Waals surface area contributed by atoms with E-state index in [1.807, 2.05) is 24.3 Å². The average molecular weight is 567 g/mol. The maximum atomic E-state index is 11.8. The maximum Gasteiger partial charge on any atom is 0.232 e. The number of aliphatic hydroxyl groups is 1. The molecule has 3 aromatic rings. The molecule has 0 unspecified atom stereocenters. The second-order valence-corrected chi connectivity index (χ2v) is 10.2. The second kappa shape index (κ2) is 10.1. The van der Waals surface area contributed by atoms with Gasteiger partial charge in [-0.05, 0) is 35.9 Å². The number of para-hydroxylation sites is 1. The molecule has 0 amide bonds. The van der Waals surface area contributed by atoms with Crippen LogP contribution in [-0.4, -0.2) is 64.9 Å². The third kappa shape index (κ3) is 4.23. The highest BCUT2D eigenvalue weighted by atomic mass is 16.7. The van der Waals surface area contributed by atoms with Gasteiger partial charge in [-0.15, -0.1) is 0 Å². The first kappa shape index (κ1) is 25.9. The van der Waals surface area contributed by atoms with Gasteiger partial charge >= 0.3 is 0 Å². The van der Waals surface area contributed by atoms with Crippen LogP contribution < -0.4 is 37.9 Å². The van der Waals surface area contributed by atoms with Crippen LogP contribution in [0.3, 0.4) is 0 Å². The molecule has 0 bridgehead atoms. The predicted molar refractivity (Wildman–Crippen MR) is 141 cm³/mol. The third-order valence-corrected chi connectivity index (χ3v) is 7.97. The topological polar surface area (TPSA) is 113 Å². The summed E-state index contributed by atoms with van der Waals surface area (Å²) in [5.74, 6) is 3.86. The molecule has 5 atom stereocenters. The Labute approximate surface area is 236 Å². The number of methoxy groups -OCH3 is 3. The van der Waals surface area contributed by atoms with Crippen LogP contribution in [0.1, 0.15) is 23.3 Å². The summed E-state index contributed by atoms with van der Waals surface area (Å²) in [6, 6.07) is 14.6. The molecule has 41 heavy (non-hydrogen) atoms. The Morgan fingerprint density at radius 3 is 2.32 bits per heavy atom. The van der Waals surface area contributed by atoms with Gasteiger partial charge in [0.1, 0.15) is 12.4 Å². The van der Waals surface area contributed by atoms with Gasteiger partial charge in [0.05, 0.1) is 46.6 Å². The van der Waals surface area contributed by atoms with Gasteiger partial charge in [-0.25, -0.2) is 0 Å². The van der Waals surface area contributed by atoms with Crippen LogP contribution in [0.4, 0.5) is 0 Å². The highest BCUT2D eigenvalue weighted by Gasteiger charge is 2.61. The van der Waals surface area contributed by atoms with Gasteiger partial charge in [-0.3, -0.25) is 0 Å². The van der Waals surface area contributed by atoms with Crippen LogP contribution in [-0.2, 0) is 9.47 Å². The van der Waals surface area contributed by atoms with Crippen molar-refractivity contribution >= 4 is 0 Å². The smallest absolute Gasteiger partial charge is 0.232 e. The average Bonchev–Trinajstić information content (AvgIpc) is 3.70. The van der Waals surface area contributed by atoms with Crippen LogP contribution >= 0.6 is 0 Å².